The maximum Gasteiger partial charge on any atom is 0.307 e. The van der Waals surface area contributed by atoms with Gasteiger partial charge in [0.1, 0.15) is 6.10 Å². The smallest absolute Gasteiger partial charge is 0.307 e. The number of halogens is 1. The molecule has 0 spiro atoms. The first-order chi connectivity index (χ1) is 10.0. The quantitative estimate of drug-likeness (QED) is 0.577. The molecule has 4 N–H and O–H groups in total. The van der Waals surface area contributed by atoms with Crippen molar-refractivity contribution in [3.05, 3.63) is 0 Å². The molecule has 1 aliphatic carbocycles. The number of nitrogens with one attached hydrogen (secondary N) is 1. The van der Waals surface area contributed by atoms with Crippen LogP contribution in [-0.2, 0) is 14.3 Å². The fourth-order valence-corrected chi connectivity index (χ4v) is 2.76. The third-order valence-electron chi connectivity index (χ3n) is 3.94. The molecule has 0 radical (unpaired) electrons. The van der Waals surface area contributed by atoms with E-state index in [2.05, 4.69) is 5.32 Å². The number of carbonyl (C=O) groups is 2. The van der Waals surface area contributed by atoms with Crippen molar-refractivity contribution in [2.75, 3.05) is 13.2 Å². The van der Waals surface area contributed by atoms with Gasteiger partial charge in [-0.15, -0.1) is 12.4 Å². The average Bonchev–Trinajstić information content (AvgIpc) is 2.47. The summed E-state index contributed by atoms with van der Waals surface area (Å²) in [6.07, 6.45) is 5.50. The maximum atomic E-state index is 11.8. The van der Waals surface area contributed by atoms with Crippen LogP contribution in [0.15, 0.2) is 0 Å². The zero-order valence-corrected chi connectivity index (χ0v) is 14.1. The van der Waals surface area contributed by atoms with Crippen LogP contribution >= 0.6 is 12.4 Å². The highest BCUT2D eigenvalue weighted by Crippen LogP contribution is 2.27. The highest BCUT2D eigenvalue weighted by Gasteiger charge is 2.26. The van der Waals surface area contributed by atoms with Gasteiger partial charge in [0.15, 0.2) is 0 Å². The minimum absolute atomic E-state index is 0. The second kappa shape index (κ2) is 11.7. The van der Waals surface area contributed by atoms with Gasteiger partial charge >= 0.3 is 5.97 Å². The molecule has 0 aromatic carbocycles. The van der Waals surface area contributed by atoms with Crippen LogP contribution in [0.1, 0.15) is 51.9 Å². The first-order valence-electron chi connectivity index (χ1n) is 7.91. The Labute approximate surface area is 138 Å². The Kier molecular flexibility index (Phi) is 11.2. The summed E-state index contributed by atoms with van der Waals surface area (Å²) < 4.78 is 4.75. The topological polar surface area (TPSA) is 102 Å². The van der Waals surface area contributed by atoms with Crippen molar-refractivity contribution in [2.24, 2.45) is 11.7 Å². The van der Waals surface area contributed by atoms with E-state index in [9.17, 15) is 14.7 Å². The van der Waals surface area contributed by atoms with Gasteiger partial charge in [-0.3, -0.25) is 9.59 Å². The van der Waals surface area contributed by atoms with Crippen LogP contribution in [-0.4, -0.2) is 42.3 Å². The minimum atomic E-state index is -1.21. The van der Waals surface area contributed by atoms with Crippen molar-refractivity contribution < 1.29 is 19.4 Å². The molecule has 0 bridgehead atoms. The molecule has 0 aromatic rings. The lowest BCUT2D eigenvalue weighted by molar-refractivity contribution is -0.143. The van der Waals surface area contributed by atoms with Crippen LogP contribution in [0.3, 0.4) is 0 Å². The number of aliphatic hydroxyl groups is 1. The van der Waals surface area contributed by atoms with Gasteiger partial charge in [-0.25, -0.2) is 0 Å². The number of aliphatic hydroxyl groups excluding tert-OH is 1. The molecule has 1 saturated carbocycles. The second-order valence-corrected chi connectivity index (χ2v) is 5.69. The van der Waals surface area contributed by atoms with Crippen molar-refractivity contribution >= 4 is 24.3 Å². The van der Waals surface area contributed by atoms with E-state index >= 15 is 0 Å². The van der Waals surface area contributed by atoms with Gasteiger partial charge in [0.05, 0.1) is 13.0 Å². The van der Waals surface area contributed by atoms with Crippen molar-refractivity contribution in [3.8, 4) is 0 Å². The molecule has 0 heterocycles. The molecular weight excluding hydrogens is 308 g/mol. The predicted molar refractivity (Wildman–Crippen MR) is 86.7 cm³/mol. The maximum absolute atomic E-state index is 11.8. The monoisotopic (exact) mass is 336 g/mol. The van der Waals surface area contributed by atoms with Crippen LogP contribution in [0.5, 0.6) is 0 Å². The summed E-state index contributed by atoms with van der Waals surface area (Å²) in [5.41, 5.74) is 5.93. The second-order valence-electron chi connectivity index (χ2n) is 5.69. The minimum Gasteiger partial charge on any atom is -0.466 e. The molecule has 0 aliphatic heterocycles. The molecule has 6 nitrogen and oxygen atoms in total. The third kappa shape index (κ3) is 7.96. The van der Waals surface area contributed by atoms with E-state index in [0.717, 1.165) is 12.8 Å². The van der Waals surface area contributed by atoms with E-state index in [-0.39, 0.29) is 31.3 Å². The Morgan fingerprint density at radius 3 is 2.55 bits per heavy atom. The van der Waals surface area contributed by atoms with E-state index in [1.165, 1.54) is 19.3 Å². The van der Waals surface area contributed by atoms with Gasteiger partial charge in [0.25, 0.3) is 0 Å². The van der Waals surface area contributed by atoms with Crippen molar-refractivity contribution in [2.45, 2.75) is 64.0 Å². The SMILES string of the molecule is CCOC(=O)CCNC(=O)C(O)C(N)CC1CCCCC1.Cl. The van der Waals surface area contributed by atoms with Crippen LogP contribution < -0.4 is 11.1 Å². The van der Waals surface area contributed by atoms with Crippen molar-refractivity contribution in [3.63, 3.8) is 0 Å². The predicted octanol–water partition coefficient (Wildman–Crippen LogP) is 1.14. The number of nitrogens with two attached hydrogens (primary N) is 1. The number of hydrogen-bond donors (Lipinski definition) is 3. The van der Waals surface area contributed by atoms with Gasteiger partial charge < -0.3 is 20.9 Å². The number of amides is 1. The largest absolute Gasteiger partial charge is 0.466 e. The molecule has 0 aromatic heterocycles. The number of carbonyl (C=O) groups excluding carboxylic acids is 2. The van der Waals surface area contributed by atoms with E-state index in [1.807, 2.05) is 0 Å². The Hall–Kier alpha value is -0.850. The summed E-state index contributed by atoms with van der Waals surface area (Å²) in [5.74, 6) is -0.364. The highest BCUT2D eigenvalue weighted by molar-refractivity contribution is 5.85. The van der Waals surface area contributed by atoms with Crippen LogP contribution in [0.4, 0.5) is 0 Å². The van der Waals surface area contributed by atoms with Crippen molar-refractivity contribution in [1.29, 1.82) is 0 Å². The van der Waals surface area contributed by atoms with E-state index in [1.54, 1.807) is 6.92 Å². The Morgan fingerprint density at radius 1 is 1.32 bits per heavy atom. The number of esters is 1. The zero-order chi connectivity index (χ0) is 15.7. The number of hydrogen-bond acceptors (Lipinski definition) is 5. The normalized spacial score (nSPS) is 18.0. The number of rotatable bonds is 8. The van der Waals surface area contributed by atoms with Crippen molar-refractivity contribution in [1.82, 2.24) is 5.32 Å². The van der Waals surface area contributed by atoms with Gasteiger partial charge in [-0.05, 0) is 19.3 Å². The fraction of sp³-hybridized carbons (Fsp3) is 0.867. The lowest BCUT2D eigenvalue weighted by Gasteiger charge is -2.26. The van der Waals surface area contributed by atoms with E-state index < -0.39 is 18.1 Å². The zero-order valence-electron chi connectivity index (χ0n) is 13.3. The Balaban J connectivity index is 0.00000441. The average molecular weight is 337 g/mol. The molecule has 0 saturated heterocycles. The Bertz CT molecular complexity index is 336. The van der Waals surface area contributed by atoms with Gasteiger partial charge in [0.2, 0.25) is 5.91 Å². The summed E-state index contributed by atoms with van der Waals surface area (Å²) in [6, 6.07) is -0.546. The fourth-order valence-electron chi connectivity index (χ4n) is 2.76. The molecule has 2 unspecified atom stereocenters. The summed E-state index contributed by atoms with van der Waals surface area (Å²) in [6.45, 7) is 2.21. The summed E-state index contributed by atoms with van der Waals surface area (Å²) in [4.78, 5) is 22.9. The summed E-state index contributed by atoms with van der Waals surface area (Å²) >= 11 is 0. The first-order valence-corrected chi connectivity index (χ1v) is 7.91. The lowest BCUT2D eigenvalue weighted by atomic mass is 9.84. The third-order valence-corrected chi connectivity index (χ3v) is 3.94. The number of ether oxygens (including phenoxy) is 1. The van der Waals surface area contributed by atoms with Gasteiger partial charge in [-0.1, -0.05) is 32.1 Å². The van der Waals surface area contributed by atoms with E-state index in [0.29, 0.717) is 18.9 Å². The summed E-state index contributed by atoms with van der Waals surface area (Å²) in [5, 5.41) is 12.5. The molecule has 22 heavy (non-hydrogen) atoms. The Morgan fingerprint density at radius 2 is 1.95 bits per heavy atom. The first kappa shape index (κ1) is 21.1. The molecule has 1 rings (SSSR count). The van der Waals surface area contributed by atoms with Gasteiger partial charge in [-0.2, -0.15) is 0 Å². The molecule has 1 fully saturated rings. The van der Waals surface area contributed by atoms with E-state index in [4.69, 9.17) is 10.5 Å². The van der Waals surface area contributed by atoms with Crippen LogP contribution in [0.2, 0.25) is 0 Å². The molecule has 1 amide bonds. The molecule has 7 heteroatoms. The molecule has 1 aliphatic rings. The molecule has 2 atom stereocenters. The molecule has 130 valence electrons. The van der Waals surface area contributed by atoms with Crippen LogP contribution in [0, 0.1) is 5.92 Å². The molecular formula is C15H29ClN2O4. The standard InChI is InChI=1S/C15H28N2O4.ClH/c1-2-21-13(18)8-9-17-15(20)14(19)12(16)10-11-6-4-3-5-7-11;/h11-12,14,19H,2-10,16H2,1H3,(H,17,20);1H. The summed E-state index contributed by atoms with van der Waals surface area (Å²) in [7, 11) is 0. The van der Waals surface area contributed by atoms with Gasteiger partial charge in [0, 0.05) is 12.6 Å². The van der Waals surface area contributed by atoms with Crippen LogP contribution in [0.25, 0.3) is 0 Å². The lowest BCUT2D eigenvalue weighted by Crippen LogP contribution is -2.47. The highest BCUT2D eigenvalue weighted by atomic mass is 35.5.